The maximum Gasteiger partial charge on any atom is 0.268 e. The van der Waals surface area contributed by atoms with Gasteiger partial charge in [-0.05, 0) is 0 Å². The zero-order valence-electron chi connectivity index (χ0n) is 5.55. The van der Waals surface area contributed by atoms with E-state index in [1.54, 1.807) is 0 Å². The van der Waals surface area contributed by atoms with Gasteiger partial charge in [0.05, 0.1) is 0 Å². The second-order valence-corrected chi connectivity index (χ2v) is 4.22. The molecule has 0 aromatic heterocycles. The molecule has 0 heterocycles. The number of carbonyl (C=O) groups excluding carboxylic acids is 2. The van der Waals surface area contributed by atoms with Crippen molar-refractivity contribution in [3.8, 4) is 0 Å². The van der Waals surface area contributed by atoms with Crippen LogP contribution in [0, 0.1) is 0 Å². The molecule has 0 atom stereocenters. The lowest BCUT2D eigenvalue weighted by atomic mass is 10.1. The van der Waals surface area contributed by atoms with E-state index < -0.39 is 21.2 Å². The number of alkyl halides is 3. The first-order valence-corrected chi connectivity index (χ1v) is 3.66. The number of amides is 2. The smallest absolute Gasteiger partial charge is 0.268 e. The van der Waals surface area contributed by atoms with Crippen LogP contribution in [0.15, 0.2) is 0 Å². The molecule has 70 valence electrons. The molecule has 8 heteroatoms. The summed E-state index contributed by atoms with van der Waals surface area (Å²) in [7, 11) is 0. The third-order valence-corrected chi connectivity index (χ3v) is 1.94. The molecule has 0 aromatic rings. The zero-order chi connectivity index (χ0) is 10.2. The normalized spacial score (nSPS) is 12.7. The fourth-order valence-corrected chi connectivity index (χ4v) is 0.960. The van der Waals surface area contributed by atoms with E-state index in [1.807, 2.05) is 0 Å². The van der Waals surface area contributed by atoms with E-state index in [9.17, 15) is 9.59 Å². The first-order valence-electron chi connectivity index (χ1n) is 2.53. The predicted molar refractivity (Wildman–Crippen MR) is 43.6 cm³/mol. The Hall–Kier alpha value is -0.230. The van der Waals surface area contributed by atoms with Crippen molar-refractivity contribution in [2.45, 2.75) is 9.39 Å². The number of nitrogens with two attached hydrogens (primary N) is 2. The van der Waals surface area contributed by atoms with E-state index in [1.165, 1.54) is 0 Å². The van der Waals surface area contributed by atoms with Crippen molar-refractivity contribution in [2.24, 2.45) is 11.5 Å². The summed E-state index contributed by atoms with van der Waals surface area (Å²) < 4.78 is -2.58. The average Bonchev–Trinajstić information content (AvgIpc) is 1.82. The van der Waals surface area contributed by atoms with E-state index in [0.717, 1.165) is 0 Å². The minimum atomic E-state index is -2.99. The van der Waals surface area contributed by atoms with Crippen LogP contribution in [0.2, 0.25) is 0 Å². The van der Waals surface area contributed by atoms with Crippen LogP contribution in [0.25, 0.3) is 0 Å². The number of carbonyl (C=O) groups is 2. The second kappa shape index (κ2) is 3.26. The Morgan fingerprint density at radius 1 is 1.08 bits per heavy atom. The van der Waals surface area contributed by atoms with Crippen molar-refractivity contribution in [3.05, 3.63) is 0 Å². The van der Waals surface area contributed by atoms with Crippen LogP contribution in [-0.4, -0.2) is 26.3 Å². The summed E-state index contributed by atoms with van der Waals surface area (Å²) in [5, 5.41) is 9.16. The number of hydrogen-bond acceptors (Lipinski definition) is 3. The molecule has 0 spiro atoms. The summed E-state index contributed by atoms with van der Waals surface area (Å²) in [6.45, 7) is 0. The van der Waals surface area contributed by atoms with Gasteiger partial charge in [-0.3, -0.25) is 9.59 Å². The highest BCUT2D eigenvalue weighted by Gasteiger charge is 2.57. The summed E-state index contributed by atoms with van der Waals surface area (Å²) >= 11 is 15.3. The summed E-state index contributed by atoms with van der Waals surface area (Å²) in [5.74, 6) is -3.04. The molecule has 12 heavy (non-hydrogen) atoms. The highest BCUT2D eigenvalue weighted by Crippen LogP contribution is 2.37. The Morgan fingerprint density at radius 2 is 1.33 bits per heavy atom. The summed E-state index contributed by atoms with van der Waals surface area (Å²) in [6.07, 6.45) is 0. The Labute approximate surface area is 82.5 Å². The lowest BCUT2D eigenvalue weighted by molar-refractivity contribution is -0.149. The molecule has 0 saturated heterocycles. The van der Waals surface area contributed by atoms with Crippen LogP contribution in [0.5, 0.6) is 0 Å². The maximum atomic E-state index is 10.5. The Balaban J connectivity index is 5.17. The number of aliphatic hydroxyl groups is 1. The first-order chi connectivity index (χ1) is 5.14. The van der Waals surface area contributed by atoms with Crippen LogP contribution in [0.1, 0.15) is 0 Å². The van der Waals surface area contributed by atoms with E-state index in [2.05, 4.69) is 11.5 Å². The van der Waals surface area contributed by atoms with Crippen molar-refractivity contribution in [1.29, 1.82) is 0 Å². The number of primary amides is 2. The van der Waals surface area contributed by atoms with Gasteiger partial charge in [0.2, 0.25) is 3.79 Å². The average molecular weight is 235 g/mol. The summed E-state index contributed by atoms with van der Waals surface area (Å²) in [6, 6.07) is 0. The first kappa shape index (κ1) is 11.8. The van der Waals surface area contributed by atoms with Gasteiger partial charge in [-0.2, -0.15) is 0 Å². The van der Waals surface area contributed by atoms with E-state index in [0.29, 0.717) is 0 Å². The number of hydrogen-bond donors (Lipinski definition) is 3. The molecular formula is C4H5Cl3N2O3. The van der Waals surface area contributed by atoms with Crippen molar-refractivity contribution in [1.82, 2.24) is 0 Å². The lowest BCUT2D eigenvalue weighted by Gasteiger charge is -2.27. The third-order valence-electron chi connectivity index (χ3n) is 1.12. The van der Waals surface area contributed by atoms with Crippen molar-refractivity contribution >= 4 is 46.6 Å². The molecule has 0 saturated carbocycles. The molecule has 0 unspecified atom stereocenters. The van der Waals surface area contributed by atoms with Gasteiger partial charge < -0.3 is 16.6 Å². The lowest BCUT2D eigenvalue weighted by Crippen LogP contribution is -2.62. The highest BCUT2D eigenvalue weighted by atomic mass is 35.6. The SMILES string of the molecule is NC(=O)C(O)(C(N)=O)C(Cl)(Cl)Cl. The molecule has 0 bridgehead atoms. The van der Waals surface area contributed by atoms with Crippen molar-refractivity contribution in [3.63, 3.8) is 0 Å². The van der Waals surface area contributed by atoms with Crippen molar-refractivity contribution < 1.29 is 14.7 Å². The molecule has 5 nitrogen and oxygen atoms in total. The molecule has 0 fully saturated rings. The standard InChI is InChI=1S/C4H5Cl3N2O3/c5-4(6,7)3(12,1(8)10)2(9)11/h12H,(H2,8,10)(H2,9,11). The minimum Gasteiger partial charge on any atom is -0.368 e. The molecule has 2 amide bonds. The van der Waals surface area contributed by atoms with E-state index >= 15 is 0 Å². The van der Waals surface area contributed by atoms with Crippen LogP contribution in [0.4, 0.5) is 0 Å². The molecule has 0 radical (unpaired) electrons. The molecule has 5 N–H and O–H groups in total. The molecule has 0 aliphatic rings. The zero-order valence-corrected chi connectivity index (χ0v) is 7.82. The quantitative estimate of drug-likeness (QED) is 0.425. The van der Waals surface area contributed by atoms with E-state index in [-0.39, 0.29) is 0 Å². The molecular weight excluding hydrogens is 230 g/mol. The number of rotatable bonds is 2. The Morgan fingerprint density at radius 3 is 1.33 bits per heavy atom. The van der Waals surface area contributed by atoms with Crippen LogP contribution >= 0.6 is 34.8 Å². The van der Waals surface area contributed by atoms with E-state index in [4.69, 9.17) is 39.9 Å². The van der Waals surface area contributed by atoms with Gasteiger partial charge >= 0.3 is 0 Å². The van der Waals surface area contributed by atoms with Gasteiger partial charge in [0, 0.05) is 0 Å². The summed E-state index contributed by atoms with van der Waals surface area (Å²) in [4.78, 5) is 21.1. The molecule has 0 rings (SSSR count). The van der Waals surface area contributed by atoms with Gasteiger partial charge in [0.1, 0.15) is 0 Å². The summed E-state index contributed by atoms with van der Waals surface area (Å²) in [5.41, 5.74) is 6.24. The fourth-order valence-electron chi connectivity index (χ4n) is 0.401. The maximum absolute atomic E-state index is 10.5. The minimum absolute atomic E-state index is 1.52. The topological polar surface area (TPSA) is 106 Å². The Kier molecular flexibility index (Phi) is 3.19. The molecule has 0 aliphatic carbocycles. The molecule has 0 aliphatic heterocycles. The van der Waals surface area contributed by atoms with Gasteiger partial charge in [-0.25, -0.2) is 0 Å². The van der Waals surface area contributed by atoms with Gasteiger partial charge in [0.25, 0.3) is 17.4 Å². The predicted octanol–water partition coefficient (Wildman–Crippen LogP) is -0.942. The van der Waals surface area contributed by atoms with Crippen LogP contribution in [-0.2, 0) is 9.59 Å². The monoisotopic (exact) mass is 234 g/mol. The van der Waals surface area contributed by atoms with Crippen molar-refractivity contribution in [2.75, 3.05) is 0 Å². The van der Waals surface area contributed by atoms with Gasteiger partial charge in [-0.1, -0.05) is 34.8 Å². The van der Waals surface area contributed by atoms with Crippen LogP contribution in [0.3, 0.4) is 0 Å². The highest BCUT2D eigenvalue weighted by molar-refractivity contribution is 6.70. The molecule has 0 aromatic carbocycles. The Bertz CT molecular complexity index is 210. The van der Waals surface area contributed by atoms with Gasteiger partial charge in [0.15, 0.2) is 0 Å². The largest absolute Gasteiger partial charge is 0.368 e. The number of halogens is 3. The third kappa shape index (κ3) is 1.74. The van der Waals surface area contributed by atoms with Crippen LogP contribution < -0.4 is 11.5 Å². The second-order valence-electron chi connectivity index (χ2n) is 1.94. The van der Waals surface area contributed by atoms with Gasteiger partial charge in [-0.15, -0.1) is 0 Å². The fraction of sp³-hybridized carbons (Fsp3) is 0.500.